The van der Waals surface area contributed by atoms with Gasteiger partial charge in [-0.25, -0.2) is 4.79 Å². The fraction of sp³-hybridized carbons (Fsp3) is 0.273. The number of H-pyrrole nitrogens is 1. The van der Waals surface area contributed by atoms with Crippen LogP contribution in [0.4, 0.5) is 11.4 Å². The number of nitrogens with zero attached hydrogens (tertiary/aromatic N) is 1. The van der Waals surface area contributed by atoms with Crippen LogP contribution in [0.3, 0.4) is 0 Å². The smallest absolute Gasteiger partial charge is 0.338 e. The number of hydrogen-bond acceptors (Lipinski definition) is 5. The van der Waals surface area contributed by atoms with E-state index in [1.807, 2.05) is 6.07 Å². The zero-order valence-corrected chi connectivity index (χ0v) is 16.5. The molecule has 2 aromatic carbocycles. The third-order valence-corrected chi connectivity index (χ3v) is 5.44. The van der Waals surface area contributed by atoms with Gasteiger partial charge in [0.1, 0.15) is 0 Å². The third kappa shape index (κ3) is 3.76. The summed E-state index contributed by atoms with van der Waals surface area (Å²) in [7, 11) is 0. The normalized spacial score (nSPS) is 13.0. The number of rotatable bonds is 5. The summed E-state index contributed by atoms with van der Waals surface area (Å²) in [4.78, 5) is 38.5. The number of esters is 1. The lowest BCUT2D eigenvalue weighted by Crippen LogP contribution is -2.21. The molecular weight excluding hydrogens is 386 g/mol. The highest BCUT2D eigenvalue weighted by atomic mass is 16.6. The Balaban J connectivity index is 1.43. The average molecular weight is 407 g/mol. The minimum absolute atomic E-state index is 0.0899. The van der Waals surface area contributed by atoms with Crippen LogP contribution in [0.2, 0.25) is 0 Å². The van der Waals surface area contributed by atoms with Gasteiger partial charge in [0, 0.05) is 22.7 Å². The number of carbonyl (C=O) groups is 2. The lowest BCUT2D eigenvalue weighted by atomic mass is 9.95. The van der Waals surface area contributed by atoms with Gasteiger partial charge in [-0.2, -0.15) is 0 Å². The van der Waals surface area contributed by atoms with Crippen LogP contribution < -0.4 is 5.32 Å². The quantitative estimate of drug-likeness (QED) is 0.376. The minimum atomic E-state index is -0.589. The lowest BCUT2D eigenvalue weighted by Gasteiger charge is -2.11. The molecule has 0 saturated heterocycles. The number of aromatic nitrogens is 1. The first-order valence-corrected chi connectivity index (χ1v) is 9.78. The average Bonchev–Trinajstić information content (AvgIpc) is 3.11. The summed E-state index contributed by atoms with van der Waals surface area (Å²) in [5.74, 6) is -1.15. The zero-order valence-electron chi connectivity index (χ0n) is 16.5. The number of nitro groups is 1. The third-order valence-electron chi connectivity index (χ3n) is 5.44. The number of fused-ring (bicyclic) bond motifs is 3. The molecular formula is C22H21N3O5. The highest BCUT2D eigenvalue weighted by molar-refractivity contribution is 5.98. The van der Waals surface area contributed by atoms with Gasteiger partial charge >= 0.3 is 5.97 Å². The van der Waals surface area contributed by atoms with Gasteiger partial charge in [0.15, 0.2) is 6.61 Å². The summed E-state index contributed by atoms with van der Waals surface area (Å²) < 4.78 is 5.15. The van der Waals surface area contributed by atoms with E-state index in [1.165, 1.54) is 23.4 Å². The van der Waals surface area contributed by atoms with Gasteiger partial charge in [-0.05, 0) is 62.4 Å². The van der Waals surface area contributed by atoms with Crippen molar-refractivity contribution in [2.45, 2.75) is 32.6 Å². The highest BCUT2D eigenvalue weighted by Gasteiger charge is 2.19. The Morgan fingerprint density at radius 2 is 2.00 bits per heavy atom. The predicted octanol–water partition coefficient (Wildman–Crippen LogP) is 4.06. The Morgan fingerprint density at radius 1 is 1.20 bits per heavy atom. The molecule has 0 radical (unpaired) electrons. The van der Waals surface area contributed by atoms with E-state index in [2.05, 4.69) is 10.3 Å². The van der Waals surface area contributed by atoms with Crippen molar-refractivity contribution in [1.82, 2.24) is 4.98 Å². The first-order chi connectivity index (χ1) is 14.4. The number of hydrogen-bond donors (Lipinski definition) is 2. The predicted molar refractivity (Wildman–Crippen MR) is 112 cm³/mol. The van der Waals surface area contributed by atoms with Crippen LogP contribution in [-0.4, -0.2) is 28.4 Å². The monoisotopic (exact) mass is 407 g/mol. The first kappa shape index (κ1) is 19.6. The summed E-state index contributed by atoms with van der Waals surface area (Å²) in [5.41, 5.74) is 4.42. The van der Waals surface area contributed by atoms with Crippen molar-refractivity contribution >= 4 is 34.2 Å². The Labute approximate surface area is 172 Å². The molecule has 0 fully saturated rings. The van der Waals surface area contributed by atoms with E-state index in [0.29, 0.717) is 16.8 Å². The van der Waals surface area contributed by atoms with Gasteiger partial charge in [-0.15, -0.1) is 0 Å². The van der Waals surface area contributed by atoms with Gasteiger partial charge in [-0.3, -0.25) is 14.9 Å². The molecule has 0 aliphatic heterocycles. The van der Waals surface area contributed by atoms with Gasteiger partial charge in [0.25, 0.3) is 11.6 Å². The second-order valence-electron chi connectivity index (χ2n) is 7.38. The number of carbonyl (C=O) groups excluding carboxylic acids is 2. The first-order valence-electron chi connectivity index (χ1n) is 9.78. The summed E-state index contributed by atoms with van der Waals surface area (Å²) >= 11 is 0. The van der Waals surface area contributed by atoms with E-state index < -0.39 is 23.4 Å². The summed E-state index contributed by atoms with van der Waals surface area (Å²) in [6.07, 6.45) is 4.29. The maximum absolute atomic E-state index is 12.4. The fourth-order valence-electron chi connectivity index (χ4n) is 3.89. The van der Waals surface area contributed by atoms with Crippen molar-refractivity contribution in [3.63, 3.8) is 0 Å². The Hall–Kier alpha value is -3.68. The van der Waals surface area contributed by atoms with E-state index >= 15 is 0 Å². The fourth-order valence-corrected chi connectivity index (χ4v) is 3.89. The Morgan fingerprint density at radius 3 is 2.80 bits per heavy atom. The van der Waals surface area contributed by atoms with E-state index in [4.69, 9.17) is 4.74 Å². The molecule has 1 amide bonds. The van der Waals surface area contributed by atoms with Crippen molar-refractivity contribution in [1.29, 1.82) is 0 Å². The van der Waals surface area contributed by atoms with E-state index in [9.17, 15) is 19.7 Å². The second-order valence-corrected chi connectivity index (χ2v) is 7.38. The molecule has 1 aliphatic rings. The molecule has 1 aliphatic carbocycles. The highest BCUT2D eigenvalue weighted by Crippen LogP contribution is 2.30. The van der Waals surface area contributed by atoms with Gasteiger partial charge in [-0.1, -0.05) is 6.07 Å². The summed E-state index contributed by atoms with van der Waals surface area (Å²) in [5, 5.41) is 14.6. The van der Waals surface area contributed by atoms with Crippen LogP contribution in [-0.2, 0) is 22.4 Å². The Kier molecular flexibility index (Phi) is 5.22. The van der Waals surface area contributed by atoms with Gasteiger partial charge < -0.3 is 15.0 Å². The van der Waals surface area contributed by atoms with Crippen LogP contribution in [0.5, 0.6) is 0 Å². The maximum Gasteiger partial charge on any atom is 0.338 e. The van der Waals surface area contributed by atoms with Gasteiger partial charge in [0.2, 0.25) is 0 Å². The number of anilines is 1. The molecule has 2 N–H and O–H groups in total. The molecule has 154 valence electrons. The summed E-state index contributed by atoms with van der Waals surface area (Å²) in [6, 6.07) is 9.75. The molecule has 8 heteroatoms. The van der Waals surface area contributed by atoms with Crippen LogP contribution in [0, 0.1) is 17.0 Å². The lowest BCUT2D eigenvalue weighted by molar-refractivity contribution is -0.385. The standard InChI is InChI=1S/C22H21N3O5/c1-13-17(7-4-8-20(13)25(28)29)24-21(26)12-30-22(27)14-9-10-19-16(11-14)15-5-2-3-6-18(15)23-19/h4,7-11,23H,2-3,5-6,12H2,1H3,(H,24,26). The molecule has 0 saturated carbocycles. The van der Waals surface area contributed by atoms with Gasteiger partial charge in [0.05, 0.1) is 21.7 Å². The van der Waals surface area contributed by atoms with Crippen molar-refractivity contribution in [2.24, 2.45) is 0 Å². The number of amides is 1. The molecule has 3 aromatic rings. The van der Waals surface area contributed by atoms with Crippen LogP contribution in [0.25, 0.3) is 10.9 Å². The molecule has 0 bridgehead atoms. The van der Waals surface area contributed by atoms with Crippen LogP contribution in [0.1, 0.15) is 40.0 Å². The van der Waals surface area contributed by atoms with Crippen LogP contribution >= 0.6 is 0 Å². The number of nitrogens with one attached hydrogen (secondary N) is 2. The number of nitro benzene ring substituents is 1. The molecule has 0 unspecified atom stereocenters. The topological polar surface area (TPSA) is 114 Å². The van der Waals surface area contributed by atoms with Crippen molar-refractivity contribution in [3.05, 3.63) is 68.9 Å². The van der Waals surface area contributed by atoms with E-state index in [1.54, 1.807) is 25.1 Å². The minimum Gasteiger partial charge on any atom is -0.452 e. The molecule has 1 heterocycles. The van der Waals surface area contributed by atoms with Crippen molar-refractivity contribution in [2.75, 3.05) is 11.9 Å². The largest absolute Gasteiger partial charge is 0.452 e. The van der Waals surface area contributed by atoms with Crippen molar-refractivity contribution in [3.8, 4) is 0 Å². The maximum atomic E-state index is 12.4. The number of aryl methyl sites for hydroxylation is 2. The summed E-state index contributed by atoms with van der Waals surface area (Å²) in [6.45, 7) is 1.07. The molecule has 4 rings (SSSR count). The molecule has 0 atom stereocenters. The second kappa shape index (κ2) is 7.98. The number of aromatic amines is 1. The Bertz CT molecular complexity index is 1170. The van der Waals surface area contributed by atoms with Crippen molar-refractivity contribution < 1.29 is 19.2 Å². The molecule has 1 aromatic heterocycles. The molecule has 0 spiro atoms. The zero-order chi connectivity index (χ0) is 21.3. The number of ether oxygens (including phenoxy) is 1. The number of benzene rings is 2. The van der Waals surface area contributed by atoms with Crippen LogP contribution in [0.15, 0.2) is 36.4 Å². The molecule has 30 heavy (non-hydrogen) atoms. The van der Waals surface area contributed by atoms with E-state index in [0.717, 1.165) is 36.6 Å². The van der Waals surface area contributed by atoms with E-state index in [-0.39, 0.29) is 5.69 Å². The molecule has 8 nitrogen and oxygen atoms in total. The SMILES string of the molecule is Cc1c(NC(=O)COC(=O)c2ccc3[nH]c4c(c3c2)CCCC4)cccc1[N+](=O)[O-].